The third-order valence-corrected chi connectivity index (χ3v) is 3.29. The van der Waals surface area contributed by atoms with Crippen molar-refractivity contribution in [2.24, 2.45) is 0 Å². The lowest BCUT2D eigenvalue weighted by Crippen LogP contribution is -2.45. The van der Waals surface area contributed by atoms with E-state index in [4.69, 9.17) is 11.6 Å². The minimum Gasteiger partial charge on any atom is -0.356 e. The number of hydrogen-bond acceptors (Lipinski definition) is 2. The number of hydrogen-bond donors (Lipinski definition) is 2. The predicted molar refractivity (Wildman–Crippen MR) is 69.3 cm³/mol. The molecule has 1 saturated heterocycles. The number of benzene rings is 1. The molecule has 0 radical (unpaired) electrons. The lowest BCUT2D eigenvalue weighted by Gasteiger charge is -2.23. The second-order valence-electron chi connectivity index (χ2n) is 4.38. The van der Waals surface area contributed by atoms with Crippen LogP contribution >= 0.6 is 11.6 Å². The van der Waals surface area contributed by atoms with Gasteiger partial charge in [-0.25, -0.2) is 0 Å². The van der Waals surface area contributed by atoms with Gasteiger partial charge in [0.05, 0.1) is 6.42 Å². The Bertz CT molecular complexity index is 462. The molecule has 1 atom stereocenters. The van der Waals surface area contributed by atoms with Crippen LogP contribution in [0.4, 0.5) is 0 Å². The van der Waals surface area contributed by atoms with E-state index in [1.54, 1.807) is 6.07 Å². The fourth-order valence-corrected chi connectivity index (χ4v) is 2.20. The topological polar surface area (TPSA) is 58.2 Å². The summed E-state index contributed by atoms with van der Waals surface area (Å²) in [4.78, 5) is 23.0. The predicted octanol–water partition coefficient (Wildman–Crippen LogP) is 1.28. The summed E-state index contributed by atoms with van der Waals surface area (Å²) in [5.74, 6) is -0.105. The van der Waals surface area contributed by atoms with Crippen LogP contribution in [-0.4, -0.2) is 24.4 Å². The van der Waals surface area contributed by atoms with Crippen molar-refractivity contribution in [2.75, 3.05) is 6.54 Å². The van der Waals surface area contributed by atoms with Crippen molar-refractivity contribution in [1.29, 1.82) is 0 Å². The second kappa shape index (κ2) is 5.87. The molecule has 0 aliphatic carbocycles. The van der Waals surface area contributed by atoms with Crippen LogP contribution in [0.3, 0.4) is 0 Å². The van der Waals surface area contributed by atoms with E-state index in [1.807, 2.05) is 18.2 Å². The molecule has 18 heavy (non-hydrogen) atoms. The van der Waals surface area contributed by atoms with Gasteiger partial charge in [-0.15, -0.1) is 0 Å². The van der Waals surface area contributed by atoms with Crippen LogP contribution in [0.2, 0.25) is 5.02 Å². The van der Waals surface area contributed by atoms with E-state index in [1.165, 1.54) is 0 Å². The summed E-state index contributed by atoms with van der Waals surface area (Å²) in [6.07, 6.45) is 1.38. The van der Waals surface area contributed by atoms with Gasteiger partial charge in [-0.05, 0) is 18.1 Å². The maximum Gasteiger partial charge on any atom is 0.224 e. The monoisotopic (exact) mass is 266 g/mol. The summed E-state index contributed by atoms with van der Waals surface area (Å²) >= 11 is 5.99. The SMILES string of the molecule is O=C1CC(NC(=O)Cc2ccccc2Cl)CCN1. The number of piperidine rings is 1. The molecule has 96 valence electrons. The lowest BCUT2D eigenvalue weighted by atomic mass is 10.1. The number of carbonyl (C=O) groups excluding carboxylic acids is 2. The second-order valence-corrected chi connectivity index (χ2v) is 4.78. The third-order valence-electron chi connectivity index (χ3n) is 2.92. The van der Waals surface area contributed by atoms with Crippen molar-refractivity contribution in [1.82, 2.24) is 10.6 Å². The quantitative estimate of drug-likeness (QED) is 0.866. The van der Waals surface area contributed by atoms with Gasteiger partial charge in [0.2, 0.25) is 11.8 Å². The first-order valence-corrected chi connectivity index (χ1v) is 6.32. The van der Waals surface area contributed by atoms with Gasteiger partial charge >= 0.3 is 0 Å². The first-order valence-electron chi connectivity index (χ1n) is 5.94. The van der Waals surface area contributed by atoms with Gasteiger partial charge in [-0.3, -0.25) is 9.59 Å². The van der Waals surface area contributed by atoms with Crippen molar-refractivity contribution < 1.29 is 9.59 Å². The van der Waals surface area contributed by atoms with Gasteiger partial charge in [0.25, 0.3) is 0 Å². The van der Waals surface area contributed by atoms with Crippen molar-refractivity contribution in [3.63, 3.8) is 0 Å². The van der Waals surface area contributed by atoms with Crippen LogP contribution in [0.1, 0.15) is 18.4 Å². The van der Waals surface area contributed by atoms with Gasteiger partial charge < -0.3 is 10.6 Å². The Kier molecular flexibility index (Phi) is 4.20. The zero-order valence-electron chi connectivity index (χ0n) is 9.91. The highest BCUT2D eigenvalue weighted by Crippen LogP contribution is 2.15. The van der Waals surface area contributed by atoms with E-state index < -0.39 is 0 Å². The number of nitrogens with one attached hydrogen (secondary N) is 2. The molecule has 2 rings (SSSR count). The Labute approximate surface area is 111 Å². The molecule has 1 aliphatic heterocycles. The summed E-state index contributed by atoms with van der Waals surface area (Å²) in [5, 5.41) is 6.19. The van der Waals surface area contributed by atoms with E-state index >= 15 is 0 Å². The molecular formula is C13H15ClN2O2. The molecule has 0 saturated carbocycles. The largest absolute Gasteiger partial charge is 0.356 e. The summed E-state index contributed by atoms with van der Waals surface area (Å²) in [6, 6.07) is 7.21. The summed E-state index contributed by atoms with van der Waals surface area (Å²) in [6.45, 7) is 0.621. The Morgan fingerprint density at radius 2 is 2.22 bits per heavy atom. The molecule has 1 heterocycles. The zero-order valence-corrected chi connectivity index (χ0v) is 10.7. The molecule has 1 aliphatic rings. The van der Waals surface area contributed by atoms with Gasteiger partial charge in [-0.2, -0.15) is 0 Å². The molecule has 5 heteroatoms. The maximum atomic E-state index is 11.8. The molecule has 4 nitrogen and oxygen atoms in total. The first kappa shape index (κ1) is 12.9. The molecule has 0 aromatic heterocycles. The highest BCUT2D eigenvalue weighted by molar-refractivity contribution is 6.31. The van der Waals surface area contributed by atoms with E-state index in [9.17, 15) is 9.59 Å². The average molecular weight is 267 g/mol. The van der Waals surface area contributed by atoms with Crippen LogP contribution in [0.5, 0.6) is 0 Å². The van der Waals surface area contributed by atoms with Gasteiger partial charge in [0, 0.05) is 24.0 Å². The van der Waals surface area contributed by atoms with Crippen LogP contribution < -0.4 is 10.6 Å². The first-order chi connectivity index (χ1) is 8.65. The third kappa shape index (κ3) is 3.47. The molecule has 1 aromatic carbocycles. The van der Waals surface area contributed by atoms with E-state index in [-0.39, 0.29) is 24.3 Å². The number of amides is 2. The molecule has 0 bridgehead atoms. The zero-order chi connectivity index (χ0) is 13.0. The van der Waals surface area contributed by atoms with E-state index in [0.29, 0.717) is 18.0 Å². The lowest BCUT2D eigenvalue weighted by molar-refractivity contribution is -0.124. The molecule has 2 amide bonds. The summed E-state index contributed by atoms with van der Waals surface area (Å²) in [5.41, 5.74) is 0.803. The molecule has 1 unspecified atom stereocenters. The molecular weight excluding hydrogens is 252 g/mol. The minimum atomic E-state index is -0.0946. The van der Waals surface area contributed by atoms with Gasteiger partial charge in [-0.1, -0.05) is 29.8 Å². The van der Waals surface area contributed by atoms with Crippen molar-refractivity contribution in [3.8, 4) is 0 Å². The van der Waals surface area contributed by atoms with Crippen molar-refractivity contribution in [3.05, 3.63) is 34.9 Å². The Hall–Kier alpha value is -1.55. The van der Waals surface area contributed by atoms with E-state index in [2.05, 4.69) is 10.6 Å². The fraction of sp³-hybridized carbons (Fsp3) is 0.385. The number of halogens is 1. The van der Waals surface area contributed by atoms with Crippen LogP contribution in [0, 0.1) is 0 Å². The average Bonchev–Trinajstić information content (AvgIpc) is 2.32. The smallest absolute Gasteiger partial charge is 0.224 e. The number of rotatable bonds is 3. The van der Waals surface area contributed by atoms with E-state index in [0.717, 1.165) is 12.0 Å². The van der Waals surface area contributed by atoms with Crippen molar-refractivity contribution in [2.45, 2.75) is 25.3 Å². The molecule has 1 fully saturated rings. The highest BCUT2D eigenvalue weighted by atomic mass is 35.5. The van der Waals surface area contributed by atoms with Crippen LogP contribution in [-0.2, 0) is 16.0 Å². The normalized spacial score (nSPS) is 19.2. The van der Waals surface area contributed by atoms with Gasteiger partial charge in [0.1, 0.15) is 0 Å². The maximum absolute atomic E-state index is 11.8. The molecule has 0 spiro atoms. The Morgan fingerprint density at radius 3 is 2.94 bits per heavy atom. The number of carbonyl (C=O) groups is 2. The molecule has 2 N–H and O–H groups in total. The Morgan fingerprint density at radius 1 is 1.44 bits per heavy atom. The summed E-state index contributed by atoms with van der Waals surface area (Å²) in [7, 11) is 0. The van der Waals surface area contributed by atoms with Gasteiger partial charge in [0.15, 0.2) is 0 Å². The highest BCUT2D eigenvalue weighted by Gasteiger charge is 2.20. The molecule has 1 aromatic rings. The fourth-order valence-electron chi connectivity index (χ4n) is 2.00. The minimum absolute atomic E-state index is 0.00991. The van der Waals surface area contributed by atoms with Crippen molar-refractivity contribution >= 4 is 23.4 Å². The standard InChI is InChI=1S/C13H15ClN2O2/c14-11-4-2-1-3-9(11)7-13(18)16-10-5-6-15-12(17)8-10/h1-4,10H,5-8H2,(H,15,17)(H,16,18). The Balaban J connectivity index is 1.89. The summed E-state index contributed by atoms with van der Waals surface area (Å²) < 4.78 is 0. The van der Waals surface area contributed by atoms with Crippen LogP contribution in [0.25, 0.3) is 0 Å². The van der Waals surface area contributed by atoms with Crippen LogP contribution in [0.15, 0.2) is 24.3 Å².